The number of nitrogens with zero attached hydrogens (tertiary/aromatic N) is 2. The van der Waals surface area contributed by atoms with Gasteiger partial charge in [-0.05, 0) is 48.0 Å². The van der Waals surface area contributed by atoms with E-state index in [1.165, 1.54) is 0 Å². The highest BCUT2D eigenvalue weighted by Gasteiger charge is 2.34. The number of alkyl halides is 1. The Labute approximate surface area is 161 Å². The van der Waals surface area contributed by atoms with Crippen LogP contribution in [0.1, 0.15) is 47.2 Å². The van der Waals surface area contributed by atoms with Crippen LogP contribution in [-0.4, -0.2) is 34.4 Å². The van der Waals surface area contributed by atoms with Crippen LogP contribution in [0.5, 0.6) is 0 Å². The number of hydrogen-bond acceptors (Lipinski definition) is 2. The summed E-state index contributed by atoms with van der Waals surface area (Å²) in [5.41, 5.74) is -0.323. The lowest BCUT2D eigenvalue weighted by molar-refractivity contribution is 0.574. The minimum atomic E-state index is -2.03. The molecule has 25 heavy (non-hydrogen) atoms. The molecule has 1 atom stereocenters. The zero-order chi connectivity index (χ0) is 19.4. The maximum atomic E-state index is 15.3. The van der Waals surface area contributed by atoms with E-state index in [2.05, 4.69) is 46.1 Å². The fourth-order valence-corrected chi connectivity index (χ4v) is 7.66. The largest absolute Gasteiger partial charge is 0.244 e. The average molecular weight is 453 g/mol. The highest BCUT2D eigenvalue weighted by Crippen LogP contribution is 2.24. The number of pyridine rings is 1. The minimum Gasteiger partial charge on any atom is -0.244 e. The third-order valence-corrected chi connectivity index (χ3v) is 12.1. The molecular weight excluding hydrogens is 426 g/mol. The quantitative estimate of drug-likeness (QED) is 0.334. The van der Waals surface area contributed by atoms with E-state index in [9.17, 15) is 8.60 Å². The molecule has 0 aromatic carbocycles. The molecule has 1 aromatic heterocycles. The van der Waals surface area contributed by atoms with E-state index < -0.39 is 36.3 Å². The molecule has 0 spiro atoms. The SMILES string of the molecule is CC[Si](CC)(CC)c1cc(Br)nc(/C(CF)=N/[S@](=O)C(C)(C)C)c1F. The summed E-state index contributed by atoms with van der Waals surface area (Å²) in [5, 5.41) is 0.638. The van der Waals surface area contributed by atoms with Crippen LogP contribution in [-0.2, 0) is 11.0 Å². The van der Waals surface area contributed by atoms with Gasteiger partial charge in [0.25, 0.3) is 0 Å². The van der Waals surface area contributed by atoms with Crippen molar-refractivity contribution in [2.75, 3.05) is 6.67 Å². The Morgan fingerprint density at radius 3 is 2.20 bits per heavy atom. The van der Waals surface area contributed by atoms with Crippen LogP contribution in [0.2, 0.25) is 18.1 Å². The van der Waals surface area contributed by atoms with E-state index in [-0.39, 0.29) is 11.4 Å². The van der Waals surface area contributed by atoms with Crippen LogP contribution >= 0.6 is 15.9 Å². The molecule has 1 aromatic rings. The van der Waals surface area contributed by atoms with Crippen molar-refractivity contribution < 1.29 is 13.0 Å². The monoisotopic (exact) mass is 452 g/mol. The van der Waals surface area contributed by atoms with Gasteiger partial charge < -0.3 is 0 Å². The van der Waals surface area contributed by atoms with Crippen LogP contribution < -0.4 is 5.19 Å². The van der Waals surface area contributed by atoms with Crippen LogP contribution in [0.4, 0.5) is 8.78 Å². The molecule has 3 nitrogen and oxygen atoms in total. The first-order chi connectivity index (χ1) is 11.6. The van der Waals surface area contributed by atoms with Crippen LogP contribution in [0, 0.1) is 5.82 Å². The van der Waals surface area contributed by atoms with Gasteiger partial charge >= 0.3 is 0 Å². The van der Waals surface area contributed by atoms with Crippen molar-refractivity contribution in [2.45, 2.75) is 64.4 Å². The Hall–Kier alpha value is -0.473. The Bertz CT molecular complexity index is 665. The summed E-state index contributed by atoms with van der Waals surface area (Å²) in [7, 11) is -3.71. The maximum Gasteiger partial charge on any atom is 0.150 e. The molecule has 1 heterocycles. The maximum absolute atomic E-state index is 15.3. The molecule has 0 saturated heterocycles. The van der Waals surface area contributed by atoms with E-state index in [4.69, 9.17) is 0 Å². The zero-order valence-corrected chi connectivity index (χ0v) is 19.2. The second-order valence-electron chi connectivity index (χ2n) is 7.03. The van der Waals surface area contributed by atoms with E-state index >= 15 is 4.39 Å². The van der Waals surface area contributed by atoms with Gasteiger partial charge in [-0.1, -0.05) is 38.9 Å². The summed E-state index contributed by atoms with van der Waals surface area (Å²) in [6, 6.07) is 4.40. The van der Waals surface area contributed by atoms with Crippen LogP contribution in [0.3, 0.4) is 0 Å². The van der Waals surface area contributed by atoms with Gasteiger partial charge in [-0.2, -0.15) is 4.40 Å². The van der Waals surface area contributed by atoms with Gasteiger partial charge in [0.2, 0.25) is 0 Å². The molecule has 142 valence electrons. The molecule has 0 bridgehead atoms. The van der Waals surface area contributed by atoms with Crippen molar-refractivity contribution in [1.82, 2.24) is 4.98 Å². The van der Waals surface area contributed by atoms with Crippen molar-refractivity contribution in [1.29, 1.82) is 0 Å². The Morgan fingerprint density at radius 2 is 1.80 bits per heavy atom. The lowest BCUT2D eigenvalue weighted by Crippen LogP contribution is -2.48. The van der Waals surface area contributed by atoms with Gasteiger partial charge in [0.15, 0.2) is 0 Å². The van der Waals surface area contributed by atoms with E-state index in [1.807, 2.05) is 0 Å². The fraction of sp³-hybridized carbons (Fsp3) is 0.647. The lowest BCUT2D eigenvalue weighted by Gasteiger charge is -2.29. The second-order valence-corrected chi connectivity index (χ2v) is 15.0. The predicted molar refractivity (Wildman–Crippen MR) is 109 cm³/mol. The van der Waals surface area contributed by atoms with E-state index in [0.29, 0.717) is 9.79 Å². The summed E-state index contributed by atoms with van der Waals surface area (Å²) >= 11 is 3.32. The zero-order valence-electron chi connectivity index (χ0n) is 15.8. The standard InChI is InChI=1S/C17H27BrF2N2OSSi/c1-7-25(8-2,9-3)13-10-14(18)21-16(15(13)20)12(11-19)22-24(23)17(4,5)6/h10H,7-9,11H2,1-6H3/b22-12+/t24-/m1/s1. The first-order valence-corrected chi connectivity index (χ1v) is 13.0. The summed E-state index contributed by atoms with van der Waals surface area (Å²) < 4.78 is 44.9. The fourth-order valence-electron chi connectivity index (χ4n) is 2.76. The first kappa shape index (κ1) is 22.6. The minimum absolute atomic E-state index is 0.128. The summed E-state index contributed by atoms with van der Waals surface area (Å²) in [6.07, 6.45) is 0. The van der Waals surface area contributed by atoms with Crippen molar-refractivity contribution in [3.8, 4) is 0 Å². The highest BCUT2D eigenvalue weighted by molar-refractivity contribution is 9.10. The van der Waals surface area contributed by atoms with Gasteiger partial charge in [0.1, 0.15) is 39.5 Å². The third kappa shape index (κ3) is 5.04. The van der Waals surface area contributed by atoms with Crippen molar-refractivity contribution >= 4 is 45.9 Å². The highest BCUT2D eigenvalue weighted by atomic mass is 79.9. The molecule has 0 unspecified atom stereocenters. The lowest BCUT2D eigenvalue weighted by atomic mass is 10.2. The number of hydrogen-bond donors (Lipinski definition) is 0. The van der Waals surface area contributed by atoms with Gasteiger partial charge in [-0.3, -0.25) is 0 Å². The van der Waals surface area contributed by atoms with Crippen molar-refractivity contribution in [3.05, 3.63) is 22.2 Å². The summed E-state index contributed by atoms with van der Waals surface area (Å²) in [5.74, 6) is -0.511. The smallest absolute Gasteiger partial charge is 0.150 e. The molecule has 0 aliphatic heterocycles. The first-order valence-electron chi connectivity index (χ1n) is 8.48. The molecule has 0 aliphatic rings. The number of rotatable bonds is 7. The Balaban J connectivity index is 3.62. The topological polar surface area (TPSA) is 42.3 Å². The Kier molecular flexibility index (Phi) is 8.08. The summed E-state index contributed by atoms with van der Waals surface area (Å²) in [4.78, 5) is 4.11. The molecule has 0 amide bonds. The normalized spacial score (nSPS) is 14.7. The predicted octanol–water partition coefficient (Wildman–Crippen LogP) is 4.92. The second kappa shape index (κ2) is 8.95. The van der Waals surface area contributed by atoms with Crippen LogP contribution in [0.15, 0.2) is 15.1 Å². The van der Waals surface area contributed by atoms with Crippen LogP contribution in [0.25, 0.3) is 0 Å². The van der Waals surface area contributed by atoms with E-state index in [1.54, 1.807) is 26.8 Å². The van der Waals surface area contributed by atoms with Gasteiger partial charge in [-0.25, -0.2) is 18.0 Å². The molecule has 0 aliphatic carbocycles. The molecule has 0 N–H and O–H groups in total. The van der Waals surface area contributed by atoms with Crippen molar-refractivity contribution in [2.24, 2.45) is 4.40 Å². The average Bonchev–Trinajstić information content (AvgIpc) is 2.56. The van der Waals surface area contributed by atoms with Gasteiger partial charge in [0, 0.05) is 0 Å². The van der Waals surface area contributed by atoms with Crippen molar-refractivity contribution in [3.63, 3.8) is 0 Å². The number of halogens is 3. The molecule has 0 fully saturated rings. The summed E-state index contributed by atoms with van der Waals surface area (Å²) in [6.45, 7) is 10.4. The molecular formula is C17H27BrF2N2OSSi. The molecule has 0 saturated carbocycles. The molecule has 1 rings (SSSR count). The molecule has 0 radical (unpaired) electrons. The van der Waals surface area contributed by atoms with E-state index in [0.717, 1.165) is 18.1 Å². The van der Waals surface area contributed by atoms with Gasteiger partial charge in [0.05, 0.1) is 12.8 Å². The van der Waals surface area contributed by atoms with Gasteiger partial charge in [-0.15, -0.1) is 0 Å². The Morgan fingerprint density at radius 1 is 1.28 bits per heavy atom. The third-order valence-electron chi connectivity index (χ3n) is 4.64. The number of aromatic nitrogens is 1. The molecule has 8 heteroatoms.